The zero-order chi connectivity index (χ0) is 19.4. The van der Waals surface area contributed by atoms with Gasteiger partial charge in [0.2, 0.25) is 0 Å². The van der Waals surface area contributed by atoms with Gasteiger partial charge in [0, 0.05) is 24.0 Å². The van der Waals surface area contributed by atoms with Gasteiger partial charge in [0.1, 0.15) is 5.56 Å². The smallest absolute Gasteiger partial charge is 0.342 e. The lowest BCUT2D eigenvalue weighted by atomic mass is 10.0. The highest BCUT2D eigenvalue weighted by Gasteiger charge is 2.22. The first-order chi connectivity index (χ1) is 13.0. The highest BCUT2D eigenvalue weighted by molar-refractivity contribution is 6.00. The van der Waals surface area contributed by atoms with Crippen LogP contribution in [0.4, 0.5) is 5.69 Å². The molecular formula is C21H21N3O3. The summed E-state index contributed by atoms with van der Waals surface area (Å²) in [4.78, 5) is 24.8. The third-order valence-corrected chi connectivity index (χ3v) is 4.38. The standard InChI is InChI=1S/C21H21N3O3/c1-14-18(13-22-24(14)3)21(26)27-15(2)20(25)23-19-12-8-7-11-17(19)16-9-5-4-6-10-16/h4-13,15H,1-3H3,(H,23,25). The monoisotopic (exact) mass is 363 g/mol. The zero-order valence-corrected chi connectivity index (χ0v) is 15.5. The van der Waals surface area contributed by atoms with Gasteiger partial charge in [0.15, 0.2) is 6.10 Å². The number of para-hydroxylation sites is 1. The summed E-state index contributed by atoms with van der Waals surface area (Å²) >= 11 is 0. The molecule has 1 unspecified atom stereocenters. The zero-order valence-electron chi connectivity index (χ0n) is 15.5. The van der Waals surface area contributed by atoms with Crippen molar-refractivity contribution in [2.45, 2.75) is 20.0 Å². The fourth-order valence-electron chi connectivity index (χ4n) is 2.67. The van der Waals surface area contributed by atoms with Crippen LogP contribution in [0.5, 0.6) is 0 Å². The maximum absolute atomic E-state index is 12.5. The van der Waals surface area contributed by atoms with Gasteiger partial charge >= 0.3 is 5.97 Å². The second-order valence-corrected chi connectivity index (χ2v) is 6.22. The average molecular weight is 363 g/mol. The van der Waals surface area contributed by atoms with Crippen molar-refractivity contribution >= 4 is 17.6 Å². The molecule has 27 heavy (non-hydrogen) atoms. The average Bonchev–Trinajstić information content (AvgIpc) is 3.01. The number of anilines is 1. The van der Waals surface area contributed by atoms with E-state index < -0.39 is 18.0 Å². The number of aryl methyl sites for hydroxylation is 1. The van der Waals surface area contributed by atoms with Crippen molar-refractivity contribution in [2.75, 3.05) is 5.32 Å². The van der Waals surface area contributed by atoms with E-state index >= 15 is 0 Å². The predicted molar refractivity (Wildman–Crippen MR) is 103 cm³/mol. The summed E-state index contributed by atoms with van der Waals surface area (Å²) in [5.74, 6) is -0.965. The Morgan fingerprint density at radius 3 is 2.41 bits per heavy atom. The van der Waals surface area contributed by atoms with Crippen molar-refractivity contribution in [1.29, 1.82) is 0 Å². The fourth-order valence-corrected chi connectivity index (χ4v) is 2.67. The van der Waals surface area contributed by atoms with Crippen LogP contribution in [0.15, 0.2) is 60.8 Å². The third-order valence-electron chi connectivity index (χ3n) is 4.38. The summed E-state index contributed by atoms with van der Waals surface area (Å²) in [5, 5.41) is 6.87. The SMILES string of the molecule is Cc1c(C(=O)OC(C)C(=O)Nc2ccccc2-c2ccccc2)cnn1C. The second-order valence-electron chi connectivity index (χ2n) is 6.22. The van der Waals surface area contributed by atoms with Crippen LogP contribution < -0.4 is 5.32 Å². The first-order valence-electron chi connectivity index (χ1n) is 8.62. The van der Waals surface area contributed by atoms with Crippen molar-refractivity contribution in [1.82, 2.24) is 9.78 Å². The Hall–Kier alpha value is -3.41. The highest BCUT2D eigenvalue weighted by Crippen LogP contribution is 2.27. The first-order valence-corrected chi connectivity index (χ1v) is 8.62. The van der Waals surface area contributed by atoms with Gasteiger partial charge in [-0.05, 0) is 25.5 Å². The summed E-state index contributed by atoms with van der Waals surface area (Å²) in [5.41, 5.74) is 3.58. The van der Waals surface area contributed by atoms with Crippen LogP contribution >= 0.6 is 0 Å². The van der Waals surface area contributed by atoms with Crippen LogP contribution in [0.1, 0.15) is 23.0 Å². The lowest BCUT2D eigenvalue weighted by Crippen LogP contribution is -2.30. The molecule has 6 heteroatoms. The number of rotatable bonds is 5. The molecule has 0 aliphatic heterocycles. The number of esters is 1. The van der Waals surface area contributed by atoms with E-state index in [1.807, 2.05) is 54.6 Å². The third kappa shape index (κ3) is 4.06. The molecule has 0 saturated carbocycles. The number of amides is 1. The molecule has 1 aromatic heterocycles. The Balaban J connectivity index is 1.72. The number of ether oxygens (including phenoxy) is 1. The van der Waals surface area contributed by atoms with E-state index in [0.717, 1.165) is 11.1 Å². The molecule has 0 saturated heterocycles. The molecule has 0 radical (unpaired) electrons. The largest absolute Gasteiger partial charge is 0.449 e. The van der Waals surface area contributed by atoms with Crippen LogP contribution in [-0.2, 0) is 16.6 Å². The van der Waals surface area contributed by atoms with Gasteiger partial charge in [-0.2, -0.15) is 5.10 Å². The lowest BCUT2D eigenvalue weighted by Gasteiger charge is -2.15. The van der Waals surface area contributed by atoms with Crippen LogP contribution in [0.2, 0.25) is 0 Å². The van der Waals surface area contributed by atoms with Crippen molar-refractivity contribution in [3.8, 4) is 11.1 Å². The molecule has 3 aromatic rings. The van der Waals surface area contributed by atoms with Crippen molar-refractivity contribution < 1.29 is 14.3 Å². The molecule has 0 fully saturated rings. The number of nitrogens with one attached hydrogen (secondary N) is 1. The molecule has 6 nitrogen and oxygen atoms in total. The summed E-state index contributed by atoms with van der Waals surface area (Å²) < 4.78 is 6.89. The van der Waals surface area contributed by atoms with E-state index in [1.165, 1.54) is 6.20 Å². The molecule has 0 aliphatic rings. The second kappa shape index (κ2) is 7.86. The maximum atomic E-state index is 12.5. The van der Waals surface area contributed by atoms with E-state index in [-0.39, 0.29) is 0 Å². The Labute approximate surface area is 157 Å². The summed E-state index contributed by atoms with van der Waals surface area (Å²) in [6, 6.07) is 17.3. The number of benzene rings is 2. The van der Waals surface area contributed by atoms with Crippen LogP contribution in [0.3, 0.4) is 0 Å². The van der Waals surface area contributed by atoms with Gasteiger partial charge in [-0.15, -0.1) is 0 Å². The van der Waals surface area contributed by atoms with Gasteiger partial charge in [0.25, 0.3) is 5.91 Å². The molecule has 1 N–H and O–H groups in total. The first kappa shape index (κ1) is 18.4. The molecule has 0 bridgehead atoms. The van der Waals surface area contributed by atoms with Gasteiger partial charge in [-0.3, -0.25) is 9.48 Å². The Bertz CT molecular complexity index is 964. The number of hydrogen-bond acceptors (Lipinski definition) is 4. The van der Waals surface area contributed by atoms with Gasteiger partial charge in [-0.1, -0.05) is 48.5 Å². The Morgan fingerprint density at radius 1 is 1.07 bits per heavy atom. The van der Waals surface area contributed by atoms with Gasteiger partial charge < -0.3 is 10.1 Å². The molecule has 3 rings (SSSR count). The number of aromatic nitrogens is 2. The number of carbonyl (C=O) groups is 2. The lowest BCUT2D eigenvalue weighted by molar-refractivity contribution is -0.123. The van der Waals surface area contributed by atoms with E-state index in [2.05, 4.69) is 10.4 Å². The van der Waals surface area contributed by atoms with Gasteiger partial charge in [-0.25, -0.2) is 4.79 Å². The minimum absolute atomic E-state index is 0.349. The minimum atomic E-state index is -0.944. The van der Waals surface area contributed by atoms with E-state index in [9.17, 15) is 9.59 Å². The molecule has 2 aromatic carbocycles. The summed E-state index contributed by atoms with van der Waals surface area (Å²) in [7, 11) is 1.74. The van der Waals surface area contributed by atoms with Gasteiger partial charge in [0.05, 0.1) is 6.20 Å². The van der Waals surface area contributed by atoms with Crippen LogP contribution in [0, 0.1) is 6.92 Å². The quantitative estimate of drug-likeness (QED) is 0.703. The molecule has 0 aliphatic carbocycles. The normalized spacial score (nSPS) is 11.7. The van der Waals surface area contributed by atoms with Crippen LogP contribution in [-0.4, -0.2) is 27.8 Å². The van der Waals surface area contributed by atoms with E-state index in [0.29, 0.717) is 16.9 Å². The summed E-state index contributed by atoms with van der Waals surface area (Å²) in [6.07, 6.45) is 0.494. The van der Waals surface area contributed by atoms with E-state index in [4.69, 9.17) is 4.74 Å². The molecule has 138 valence electrons. The molecule has 0 spiro atoms. The van der Waals surface area contributed by atoms with Crippen LogP contribution in [0.25, 0.3) is 11.1 Å². The molecule has 1 atom stereocenters. The number of carbonyl (C=O) groups excluding carboxylic acids is 2. The Kier molecular flexibility index (Phi) is 5.35. The van der Waals surface area contributed by atoms with Crippen molar-refractivity contribution in [3.05, 3.63) is 72.1 Å². The molecule has 1 amide bonds. The fraction of sp³-hybridized carbons (Fsp3) is 0.190. The van der Waals surface area contributed by atoms with E-state index in [1.54, 1.807) is 25.6 Å². The Morgan fingerprint density at radius 2 is 1.74 bits per heavy atom. The summed E-state index contributed by atoms with van der Waals surface area (Å²) in [6.45, 7) is 3.31. The number of nitrogens with zero attached hydrogens (tertiary/aromatic N) is 2. The highest BCUT2D eigenvalue weighted by atomic mass is 16.5. The maximum Gasteiger partial charge on any atom is 0.342 e. The van der Waals surface area contributed by atoms with Crippen molar-refractivity contribution in [3.63, 3.8) is 0 Å². The minimum Gasteiger partial charge on any atom is -0.449 e. The topological polar surface area (TPSA) is 73.2 Å². The molecular weight excluding hydrogens is 342 g/mol. The number of hydrogen-bond donors (Lipinski definition) is 1. The molecule has 1 heterocycles. The predicted octanol–water partition coefficient (Wildman–Crippen LogP) is 3.58. The van der Waals surface area contributed by atoms with Crippen molar-refractivity contribution in [2.24, 2.45) is 7.05 Å².